The largest absolute Gasteiger partial charge is 0.345 e. The lowest BCUT2D eigenvalue weighted by Crippen LogP contribution is -2.28. The molecule has 3 rings (SSSR count). The zero-order chi connectivity index (χ0) is 14.7. The number of amides is 1. The summed E-state index contributed by atoms with van der Waals surface area (Å²) in [4.78, 5) is 19.2. The Morgan fingerprint density at radius 2 is 2.00 bits per heavy atom. The molecule has 0 spiro atoms. The van der Waals surface area contributed by atoms with Gasteiger partial charge < -0.3 is 10.3 Å². The number of imidazole rings is 1. The van der Waals surface area contributed by atoms with Gasteiger partial charge in [0.15, 0.2) is 0 Å². The lowest BCUT2D eigenvalue weighted by atomic mass is 9.98. The standard InChI is InChI=1S/C17H17N3O/c1-2-16(21)20-17(12-6-4-3-5-7-12)13-8-9-14-15(10-13)19-11-18-14/h3-11,17H,2H2,1H3,(H,18,19)(H,20,21). The second-order valence-electron chi connectivity index (χ2n) is 4.94. The fourth-order valence-electron chi connectivity index (χ4n) is 2.40. The van der Waals surface area contributed by atoms with Gasteiger partial charge in [-0.2, -0.15) is 0 Å². The normalized spacial score (nSPS) is 12.2. The van der Waals surface area contributed by atoms with Crippen molar-refractivity contribution in [3.05, 3.63) is 66.0 Å². The van der Waals surface area contributed by atoms with Gasteiger partial charge >= 0.3 is 0 Å². The van der Waals surface area contributed by atoms with Crippen LogP contribution in [0.5, 0.6) is 0 Å². The van der Waals surface area contributed by atoms with E-state index in [0.29, 0.717) is 6.42 Å². The Morgan fingerprint density at radius 3 is 2.76 bits per heavy atom. The van der Waals surface area contributed by atoms with Crippen molar-refractivity contribution in [3.8, 4) is 0 Å². The highest BCUT2D eigenvalue weighted by Gasteiger charge is 2.16. The van der Waals surface area contributed by atoms with Crippen LogP contribution in [0.2, 0.25) is 0 Å². The molecular formula is C17H17N3O. The summed E-state index contributed by atoms with van der Waals surface area (Å²) in [7, 11) is 0. The zero-order valence-electron chi connectivity index (χ0n) is 11.8. The van der Waals surface area contributed by atoms with Crippen LogP contribution >= 0.6 is 0 Å². The molecule has 2 aromatic carbocycles. The minimum Gasteiger partial charge on any atom is -0.345 e. The predicted molar refractivity (Wildman–Crippen MR) is 82.8 cm³/mol. The molecule has 4 heteroatoms. The second-order valence-corrected chi connectivity index (χ2v) is 4.94. The number of benzene rings is 2. The third-order valence-corrected chi connectivity index (χ3v) is 3.54. The monoisotopic (exact) mass is 279 g/mol. The molecule has 1 heterocycles. The molecule has 4 nitrogen and oxygen atoms in total. The maximum Gasteiger partial charge on any atom is 0.220 e. The van der Waals surface area contributed by atoms with E-state index >= 15 is 0 Å². The number of aromatic amines is 1. The highest BCUT2D eigenvalue weighted by molar-refractivity contribution is 5.78. The number of fused-ring (bicyclic) bond motifs is 1. The van der Waals surface area contributed by atoms with Crippen LogP contribution in [0.3, 0.4) is 0 Å². The number of hydrogen-bond acceptors (Lipinski definition) is 2. The van der Waals surface area contributed by atoms with Gasteiger partial charge in [-0.3, -0.25) is 4.79 Å². The second kappa shape index (κ2) is 5.79. The predicted octanol–water partition coefficient (Wildman–Crippen LogP) is 3.18. The summed E-state index contributed by atoms with van der Waals surface area (Å²) < 4.78 is 0. The zero-order valence-corrected chi connectivity index (χ0v) is 11.8. The maximum atomic E-state index is 11.9. The third-order valence-electron chi connectivity index (χ3n) is 3.54. The molecule has 0 aliphatic carbocycles. The average molecular weight is 279 g/mol. The van der Waals surface area contributed by atoms with Gasteiger partial charge in [-0.05, 0) is 23.3 Å². The van der Waals surface area contributed by atoms with Gasteiger partial charge in [-0.25, -0.2) is 4.98 Å². The minimum absolute atomic E-state index is 0.0357. The van der Waals surface area contributed by atoms with Crippen LogP contribution in [0, 0.1) is 0 Å². The Morgan fingerprint density at radius 1 is 1.19 bits per heavy atom. The molecule has 1 unspecified atom stereocenters. The number of hydrogen-bond donors (Lipinski definition) is 2. The topological polar surface area (TPSA) is 57.8 Å². The van der Waals surface area contributed by atoms with Gasteiger partial charge in [-0.1, -0.05) is 43.3 Å². The van der Waals surface area contributed by atoms with Crippen molar-refractivity contribution in [1.82, 2.24) is 15.3 Å². The third kappa shape index (κ3) is 2.79. The first-order valence-electron chi connectivity index (χ1n) is 7.05. The van der Waals surface area contributed by atoms with Crippen molar-refractivity contribution in [2.75, 3.05) is 0 Å². The van der Waals surface area contributed by atoms with E-state index in [0.717, 1.165) is 22.2 Å². The Balaban J connectivity index is 2.03. The SMILES string of the molecule is CCC(=O)NC(c1ccccc1)c1ccc2nc[nH]c2c1. The summed E-state index contributed by atoms with van der Waals surface area (Å²) in [6.07, 6.45) is 2.15. The lowest BCUT2D eigenvalue weighted by Gasteiger charge is -2.19. The molecule has 1 atom stereocenters. The molecule has 0 aliphatic rings. The molecule has 1 aromatic heterocycles. The Kier molecular flexibility index (Phi) is 3.69. The molecule has 1 amide bonds. The van der Waals surface area contributed by atoms with E-state index in [9.17, 15) is 4.79 Å². The first kappa shape index (κ1) is 13.4. The van der Waals surface area contributed by atoms with E-state index in [4.69, 9.17) is 0 Å². The summed E-state index contributed by atoms with van der Waals surface area (Å²) in [5, 5.41) is 3.08. The molecule has 0 aliphatic heterocycles. The van der Waals surface area contributed by atoms with E-state index in [-0.39, 0.29) is 11.9 Å². The van der Waals surface area contributed by atoms with Crippen LogP contribution in [0.15, 0.2) is 54.9 Å². The Labute approximate surface area is 123 Å². The molecule has 106 valence electrons. The number of nitrogens with zero attached hydrogens (tertiary/aromatic N) is 1. The van der Waals surface area contributed by atoms with E-state index < -0.39 is 0 Å². The summed E-state index contributed by atoms with van der Waals surface area (Å²) >= 11 is 0. The van der Waals surface area contributed by atoms with Crippen molar-refractivity contribution in [2.24, 2.45) is 0 Å². The summed E-state index contributed by atoms with van der Waals surface area (Å²) in [6, 6.07) is 15.9. The van der Waals surface area contributed by atoms with Crippen LogP contribution in [0.4, 0.5) is 0 Å². The molecular weight excluding hydrogens is 262 g/mol. The Bertz CT molecular complexity index is 749. The van der Waals surface area contributed by atoms with E-state index in [1.165, 1.54) is 0 Å². The van der Waals surface area contributed by atoms with Gasteiger partial charge in [0.25, 0.3) is 0 Å². The van der Waals surface area contributed by atoms with Crippen LogP contribution in [0.1, 0.15) is 30.5 Å². The van der Waals surface area contributed by atoms with Crippen molar-refractivity contribution in [2.45, 2.75) is 19.4 Å². The van der Waals surface area contributed by atoms with Crippen LogP contribution in [0.25, 0.3) is 11.0 Å². The average Bonchev–Trinajstić information content (AvgIpc) is 3.00. The Hall–Kier alpha value is -2.62. The first-order chi connectivity index (χ1) is 10.3. The molecule has 0 saturated heterocycles. The quantitative estimate of drug-likeness (QED) is 0.770. The van der Waals surface area contributed by atoms with Gasteiger partial charge in [0, 0.05) is 6.42 Å². The molecule has 21 heavy (non-hydrogen) atoms. The van der Waals surface area contributed by atoms with E-state index in [1.807, 2.05) is 55.5 Å². The summed E-state index contributed by atoms with van der Waals surface area (Å²) in [5.74, 6) is 0.0357. The number of aromatic nitrogens is 2. The van der Waals surface area contributed by atoms with E-state index in [1.54, 1.807) is 6.33 Å². The van der Waals surface area contributed by atoms with Crippen molar-refractivity contribution >= 4 is 16.9 Å². The van der Waals surface area contributed by atoms with Crippen molar-refractivity contribution < 1.29 is 4.79 Å². The lowest BCUT2D eigenvalue weighted by molar-refractivity contribution is -0.121. The van der Waals surface area contributed by atoms with Crippen LogP contribution in [-0.2, 0) is 4.79 Å². The van der Waals surface area contributed by atoms with Gasteiger partial charge in [0.05, 0.1) is 23.4 Å². The summed E-state index contributed by atoms with van der Waals surface area (Å²) in [5.41, 5.74) is 4.00. The smallest absolute Gasteiger partial charge is 0.220 e. The van der Waals surface area contributed by atoms with Gasteiger partial charge in [-0.15, -0.1) is 0 Å². The van der Waals surface area contributed by atoms with Crippen molar-refractivity contribution in [1.29, 1.82) is 0 Å². The summed E-state index contributed by atoms with van der Waals surface area (Å²) in [6.45, 7) is 1.86. The number of carbonyl (C=O) groups is 1. The fraction of sp³-hybridized carbons (Fsp3) is 0.176. The van der Waals surface area contributed by atoms with Crippen molar-refractivity contribution in [3.63, 3.8) is 0 Å². The fourth-order valence-corrected chi connectivity index (χ4v) is 2.40. The minimum atomic E-state index is -0.147. The number of H-pyrrole nitrogens is 1. The van der Waals surface area contributed by atoms with Crippen LogP contribution < -0.4 is 5.32 Å². The molecule has 2 N–H and O–H groups in total. The number of rotatable bonds is 4. The highest BCUT2D eigenvalue weighted by atomic mass is 16.1. The first-order valence-corrected chi connectivity index (χ1v) is 7.05. The molecule has 3 aromatic rings. The van der Waals surface area contributed by atoms with Gasteiger partial charge in [0.1, 0.15) is 0 Å². The number of carbonyl (C=O) groups excluding carboxylic acids is 1. The molecule has 0 saturated carbocycles. The maximum absolute atomic E-state index is 11.9. The van der Waals surface area contributed by atoms with E-state index in [2.05, 4.69) is 15.3 Å². The van der Waals surface area contributed by atoms with Crippen LogP contribution in [-0.4, -0.2) is 15.9 Å². The number of nitrogens with one attached hydrogen (secondary N) is 2. The van der Waals surface area contributed by atoms with Gasteiger partial charge in [0.2, 0.25) is 5.91 Å². The molecule has 0 radical (unpaired) electrons. The molecule has 0 fully saturated rings. The molecule has 0 bridgehead atoms. The highest BCUT2D eigenvalue weighted by Crippen LogP contribution is 2.24.